The Hall–Kier alpha value is -2.08. The minimum Gasteiger partial charge on any atom is -0.469 e. The van der Waals surface area contributed by atoms with Crippen LogP contribution in [0.2, 0.25) is 10.0 Å². The van der Waals surface area contributed by atoms with Crippen LogP contribution < -0.4 is 5.32 Å². The van der Waals surface area contributed by atoms with Crippen LogP contribution in [0.1, 0.15) is 92.3 Å². The van der Waals surface area contributed by atoms with Gasteiger partial charge in [0, 0.05) is 35.2 Å². The fourth-order valence-electron chi connectivity index (χ4n) is 5.10. The fraction of sp³-hybridized carbons (Fsp3) is 0.533. The first-order valence-corrected chi connectivity index (χ1v) is 14.2. The lowest BCUT2D eigenvalue weighted by molar-refractivity contribution is -0.141. The van der Waals surface area contributed by atoms with Gasteiger partial charge in [-0.3, -0.25) is 9.59 Å². The quantitative estimate of drug-likeness (QED) is 0.205. The van der Waals surface area contributed by atoms with Gasteiger partial charge in [-0.25, -0.2) is 0 Å². The molecule has 0 spiro atoms. The van der Waals surface area contributed by atoms with E-state index < -0.39 is 6.10 Å². The molecule has 2 aromatic carbocycles. The molecule has 7 heteroatoms. The van der Waals surface area contributed by atoms with Crippen molar-refractivity contribution < 1.29 is 19.1 Å². The molecule has 1 fully saturated rings. The summed E-state index contributed by atoms with van der Waals surface area (Å²) in [6, 6.07) is 12.7. The van der Waals surface area contributed by atoms with Crippen LogP contribution in [0.15, 0.2) is 42.5 Å². The van der Waals surface area contributed by atoms with E-state index in [0.717, 1.165) is 23.5 Å². The van der Waals surface area contributed by atoms with E-state index in [1.54, 1.807) is 12.1 Å². The molecule has 1 aliphatic carbocycles. The van der Waals surface area contributed by atoms with Gasteiger partial charge in [0.15, 0.2) is 0 Å². The van der Waals surface area contributed by atoms with E-state index >= 15 is 0 Å². The molecule has 0 heterocycles. The number of ether oxygens (including phenoxy) is 2. The molecule has 0 aromatic heterocycles. The second-order valence-electron chi connectivity index (χ2n) is 9.98. The smallest absolute Gasteiger partial charge is 0.305 e. The van der Waals surface area contributed by atoms with Crippen LogP contribution in [0.4, 0.5) is 0 Å². The normalized spacial score (nSPS) is 15.7. The summed E-state index contributed by atoms with van der Waals surface area (Å²) in [5.74, 6) is 0.839. The molecule has 1 N–H and O–H groups in total. The minimum atomic E-state index is -0.490. The number of carbonyl (C=O) groups is 2. The van der Waals surface area contributed by atoms with Crippen molar-refractivity contribution in [3.8, 4) is 0 Å². The maximum atomic E-state index is 13.2. The Morgan fingerprint density at radius 1 is 1.03 bits per heavy atom. The average Bonchev–Trinajstić information content (AvgIpc) is 2.90. The van der Waals surface area contributed by atoms with Crippen molar-refractivity contribution in [1.82, 2.24) is 5.32 Å². The molecule has 2 atom stereocenters. The number of methoxy groups -OCH3 is 1. The van der Waals surface area contributed by atoms with Crippen LogP contribution in [0.25, 0.3) is 0 Å². The summed E-state index contributed by atoms with van der Waals surface area (Å²) in [7, 11) is 1.37. The lowest BCUT2D eigenvalue weighted by Crippen LogP contribution is -2.30. The predicted octanol–water partition coefficient (Wildman–Crippen LogP) is 7.78. The Kier molecular flexibility index (Phi) is 12.2. The standard InChI is InChI=1S/C30H39Cl2NO4/c1-3-21(15-22-9-5-4-6-10-22)20-33-30(35)25-16-24(18-27(32)19-25)29(23-11-7-12-26(31)17-23)37-14-8-13-28(34)36-2/h7,11-12,16-19,21-22,29H,3-6,8-10,13-15,20H2,1-2H3,(H,33,35)/t21-,29?/m0/s1. The molecule has 1 amide bonds. The molecule has 37 heavy (non-hydrogen) atoms. The number of hydrogen-bond acceptors (Lipinski definition) is 4. The molecule has 202 valence electrons. The molecule has 0 saturated heterocycles. The van der Waals surface area contributed by atoms with Crippen LogP contribution in [0, 0.1) is 11.8 Å². The number of esters is 1. The first-order chi connectivity index (χ1) is 17.9. The molecule has 0 bridgehead atoms. The van der Waals surface area contributed by atoms with E-state index in [1.165, 1.54) is 45.6 Å². The largest absolute Gasteiger partial charge is 0.469 e. The fourth-order valence-corrected chi connectivity index (χ4v) is 5.54. The van der Waals surface area contributed by atoms with E-state index in [-0.39, 0.29) is 18.3 Å². The van der Waals surface area contributed by atoms with Crippen molar-refractivity contribution in [2.45, 2.75) is 70.8 Å². The van der Waals surface area contributed by atoms with Gasteiger partial charge in [-0.15, -0.1) is 0 Å². The van der Waals surface area contributed by atoms with Gasteiger partial charge in [-0.2, -0.15) is 0 Å². The molecule has 1 aliphatic rings. The Morgan fingerprint density at radius 3 is 2.49 bits per heavy atom. The lowest BCUT2D eigenvalue weighted by Gasteiger charge is -2.26. The maximum absolute atomic E-state index is 13.2. The first kappa shape index (κ1) is 29.5. The zero-order chi connectivity index (χ0) is 26.6. The van der Waals surface area contributed by atoms with Crippen LogP contribution in [0.5, 0.6) is 0 Å². The molecular weight excluding hydrogens is 509 g/mol. The van der Waals surface area contributed by atoms with Gasteiger partial charge in [0.05, 0.1) is 7.11 Å². The summed E-state index contributed by atoms with van der Waals surface area (Å²) in [5.41, 5.74) is 2.10. The zero-order valence-corrected chi connectivity index (χ0v) is 23.5. The molecule has 0 radical (unpaired) electrons. The van der Waals surface area contributed by atoms with Gasteiger partial charge >= 0.3 is 5.97 Å². The zero-order valence-electron chi connectivity index (χ0n) is 21.9. The van der Waals surface area contributed by atoms with Crippen molar-refractivity contribution >= 4 is 35.1 Å². The van der Waals surface area contributed by atoms with Gasteiger partial charge in [0.25, 0.3) is 5.91 Å². The predicted molar refractivity (Wildman–Crippen MR) is 149 cm³/mol. The van der Waals surface area contributed by atoms with Crippen molar-refractivity contribution in [2.75, 3.05) is 20.3 Å². The first-order valence-electron chi connectivity index (χ1n) is 13.4. The van der Waals surface area contributed by atoms with E-state index in [0.29, 0.717) is 41.1 Å². The van der Waals surface area contributed by atoms with Crippen molar-refractivity contribution in [3.05, 3.63) is 69.2 Å². The summed E-state index contributed by atoms with van der Waals surface area (Å²) < 4.78 is 10.9. The number of benzene rings is 2. The highest BCUT2D eigenvalue weighted by molar-refractivity contribution is 6.31. The lowest BCUT2D eigenvalue weighted by atomic mass is 9.82. The van der Waals surface area contributed by atoms with E-state index in [1.807, 2.05) is 30.3 Å². The summed E-state index contributed by atoms with van der Waals surface area (Å²) in [6.07, 6.45) is 9.15. The molecule has 1 saturated carbocycles. The highest BCUT2D eigenvalue weighted by atomic mass is 35.5. The highest BCUT2D eigenvalue weighted by Crippen LogP contribution is 2.32. The molecule has 0 aliphatic heterocycles. The number of carbonyl (C=O) groups excluding carboxylic acids is 2. The third kappa shape index (κ3) is 9.63. The van der Waals surface area contributed by atoms with Gasteiger partial charge in [-0.05, 0) is 66.1 Å². The van der Waals surface area contributed by atoms with E-state index in [4.69, 9.17) is 32.7 Å². The van der Waals surface area contributed by atoms with Crippen LogP contribution in [-0.2, 0) is 14.3 Å². The topological polar surface area (TPSA) is 64.6 Å². The Labute approximate surface area is 231 Å². The van der Waals surface area contributed by atoms with Crippen molar-refractivity contribution in [3.63, 3.8) is 0 Å². The second kappa shape index (κ2) is 15.4. The number of hydrogen-bond donors (Lipinski definition) is 1. The average molecular weight is 549 g/mol. The van der Waals surface area contributed by atoms with Crippen LogP contribution in [0.3, 0.4) is 0 Å². The number of amides is 1. The van der Waals surface area contributed by atoms with E-state index in [2.05, 4.69) is 12.2 Å². The number of nitrogens with one attached hydrogen (secondary N) is 1. The highest BCUT2D eigenvalue weighted by Gasteiger charge is 2.21. The Morgan fingerprint density at radius 2 is 1.78 bits per heavy atom. The van der Waals surface area contributed by atoms with Gasteiger partial charge in [-0.1, -0.05) is 80.8 Å². The van der Waals surface area contributed by atoms with Crippen LogP contribution >= 0.6 is 23.2 Å². The Bertz CT molecular complexity index is 1020. The Balaban J connectivity index is 1.71. The molecule has 2 aromatic rings. The van der Waals surface area contributed by atoms with E-state index in [9.17, 15) is 9.59 Å². The summed E-state index contributed by atoms with van der Waals surface area (Å²) in [4.78, 5) is 24.7. The second-order valence-corrected chi connectivity index (χ2v) is 10.9. The van der Waals surface area contributed by atoms with Gasteiger partial charge < -0.3 is 14.8 Å². The number of rotatable bonds is 13. The minimum absolute atomic E-state index is 0.138. The molecule has 5 nitrogen and oxygen atoms in total. The summed E-state index contributed by atoms with van der Waals surface area (Å²) in [5, 5.41) is 4.19. The van der Waals surface area contributed by atoms with Crippen molar-refractivity contribution in [2.24, 2.45) is 11.8 Å². The maximum Gasteiger partial charge on any atom is 0.305 e. The van der Waals surface area contributed by atoms with Gasteiger partial charge in [0.1, 0.15) is 6.10 Å². The monoisotopic (exact) mass is 547 g/mol. The SMILES string of the molecule is CC[C@H](CNC(=O)c1cc(Cl)cc(C(OCCCC(=O)OC)c2cccc(Cl)c2)c1)CC1CCCCC1. The third-order valence-corrected chi connectivity index (χ3v) is 7.65. The van der Waals surface area contributed by atoms with Crippen LogP contribution in [-0.4, -0.2) is 32.1 Å². The summed E-state index contributed by atoms with van der Waals surface area (Å²) in [6.45, 7) is 3.19. The van der Waals surface area contributed by atoms with Gasteiger partial charge in [0.2, 0.25) is 0 Å². The molecular formula is C30H39Cl2NO4. The molecule has 3 rings (SSSR count). The summed E-state index contributed by atoms with van der Waals surface area (Å²) >= 11 is 12.7. The third-order valence-electron chi connectivity index (χ3n) is 7.19. The van der Waals surface area contributed by atoms with Crippen molar-refractivity contribution in [1.29, 1.82) is 0 Å². The molecule has 1 unspecified atom stereocenters. The number of halogens is 2.